The molecule has 1 N–H and O–H groups in total. The Morgan fingerprint density at radius 3 is 1.50 bits per heavy atom. The van der Waals surface area contributed by atoms with E-state index in [1.165, 1.54) is 0 Å². The van der Waals surface area contributed by atoms with Gasteiger partial charge in [0.2, 0.25) is 0 Å². The van der Waals surface area contributed by atoms with Crippen molar-refractivity contribution in [3.63, 3.8) is 0 Å². The molecule has 0 aromatic carbocycles. The summed E-state index contributed by atoms with van der Waals surface area (Å²) in [6.45, 7) is 0. The first-order chi connectivity index (χ1) is 1.73. The minimum absolute atomic E-state index is 0. The van der Waals surface area contributed by atoms with E-state index in [1.807, 2.05) is 0 Å². The largest absolute Gasteiger partial charge is 2.00 e. The van der Waals surface area contributed by atoms with Crippen molar-refractivity contribution in [1.82, 2.24) is 0 Å². The third kappa shape index (κ3) is 115. The summed E-state index contributed by atoms with van der Waals surface area (Å²) in [6, 6.07) is 0. The molecule has 5 heteroatoms. The van der Waals surface area contributed by atoms with E-state index in [2.05, 4.69) is 0 Å². The molecule has 0 atom stereocenters. The van der Waals surface area contributed by atoms with Crippen LogP contribution in [0.5, 0.6) is 0 Å². The zero-order valence-electron chi connectivity index (χ0n) is 2.67. The average molecular weight is 217 g/mol. The summed E-state index contributed by atoms with van der Waals surface area (Å²) in [7, 11) is 0. The van der Waals surface area contributed by atoms with E-state index in [4.69, 9.17) is 9.90 Å². The first-order valence-corrected chi connectivity index (χ1v) is 2.25. The molecule has 0 aliphatic heterocycles. The van der Waals surface area contributed by atoms with Crippen molar-refractivity contribution < 1.29 is 60.5 Å². The topological polar surface area (TPSA) is 94.3 Å². The molecule has 0 unspecified atom stereocenters. The van der Waals surface area contributed by atoms with E-state index in [9.17, 15) is 0 Å². The van der Waals surface area contributed by atoms with Crippen LogP contribution in [-0.4, -0.2) is 6.59 Å². The molecule has 0 heterocycles. The fourth-order valence-electron chi connectivity index (χ4n) is 0. The van der Waals surface area contributed by atoms with Gasteiger partial charge in [-0.2, -0.15) is 0 Å². The monoisotopic (exact) mass is 217 g/mol. The Bertz CT molecular complexity index is 30.5. The minimum atomic E-state index is -0.694. The maximum absolute atomic E-state index is 9.06. The maximum atomic E-state index is 9.06. The van der Waals surface area contributed by atoms with Crippen molar-refractivity contribution in [3.8, 4) is 0 Å². The van der Waals surface area contributed by atoms with Crippen LogP contribution in [0, 0.1) is 39.6 Å². The van der Waals surface area contributed by atoms with E-state index in [1.54, 1.807) is 0 Å². The molecule has 0 fully saturated rings. The zero-order chi connectivity index (χ0) is 3.58. The van der Waals surface area contributed by atoms with Crippen LogP contribution in [0.3, 0.4) is 0 Å². The van der Waals surface area contributed by atoms with Crippen molar-refractivity contribution in [3.05, 3.63) is 0 Å². The minimum Gasteiger partial charge on any atom is -2.00 e. The number of hydrogen-bond donors (Lipinski definition) is 1. The van der Waals surface area contributed by atoms with Gasteiger partial charge in [0.15, 0.2) is 0 Å². The van der Waals surface area contributed by atoms with Crippen molar-refractivity contribution in [1.29, 1.82) is 0 Å². The molecular weight excluding hydrogens is 216 g/mol. The van der Waals surface area contributed by atoms with E-state index >= 15 is 0 Å². The summed E-state index contributed by atoms with van der Waals surface area (Å²) in [6.07, 6.45) is 0. The van der Waals surface area contributed by atoms with Crippen LogP contribution in [0.15, 0.2) is 0 Å². The molecule has 0 radical (unpaired) electrons. The Hall–Kier alpha value is 0.767. The van der Waals surface area contributed by atoms with Gasteiger partial charge in [-0.05, 0) is 0 Å². The van der Waals surface area contributed by atoms with Crippen LogP contribution < -0.4 is 0 Å². The maximum Gasteiger partial charge on any atom is -2.00 e. The second-order valence-corrected chi connectivity index (χ2v) is 1.65. The Balaban J connectivity index is -0.0000000450. The molecule has 0 saturated heterocycles. The Labute approximate surface area is 61.5 Å². The molecular formula is CHCeO4. The van der Waals surface area contributed by atoms with E-state index in [-0.39, 0.29) is 50.6 Å². The third-order valence-corrected chi connectivity index (χ3v) is 0. The van der Waals surface area contributed by atoms with Gasteiger partial charge >= 0.3 is 51.0 Å². The molecule has 0 bridgehead atoms. The number of carboxylic acid groups (broad SMARTS) is 1. The summed E-state index contributed by atoms with van der Waals surface area (Å²) in [5.74, 6) is 0. The first kappa shape index (κ1) is 15.9. The molecule has 0 amide bonds. The van der Waals surface area contributed by atoms with Crippen LogP contribution in [0.4, 0.5) is 4.79 Å². The van der Waals surface area contributed by atoms with E-state index in [0.29, 0.717) is 0 Å². The Morgan fingerprint density at radius 1 is 1.50 bits per heavy atom. The summed E-state index contributed by atoms with van der Waals surface area (Å²) < 4.78 is -0.694. The van der Waals surface area contributed by atoms with Gasteiger partial charge in [-0.15, -0.1) is 0 Å². The number of carbonyl (C=O) groups is 1. The van der Waals surface area contributed by atoms with Gasteiger partial charge in [0, 0.05) is 0 Å². The summed E-state index contributed by atoms with van der Waals surface area (Å²) >= 11 is 0.265. The van der Waals surface area contributed by atoms with Gasteiger partial charge in [-0.25, -0.2) is 0 Å². The Morgan fingerprint density at radius 2 is 1.50 bits per heavy atom. The Kier molecular flexibility index (Phi) is 24.4. The van der Waals surface area contributed by atoms with Gasteiger partial charge in [-0.1, -0.05) is 0 Å². The quantitative estimate of drug-likeness (QED) is 0.617. The SMILES string of the molecule is O=[C](O)[Ce+4].[O-2].[O-2]. The van der Waals surface area contributed by atoms with Gasteiger partial charge in [-0.3, -0.25) is 0 Å². The molecule has 0 rings (SSSR count). The summed E-state index contributed by atoms with van der Waals surface area (Å²) in [5, 5.41) is 7.48. The van der Waals surface area contributed by atoms with Crippen molar-refractivity contribution in [2.45, 2.75) is 0 Å². The number of rotatable bonds is 0. The third-order valence-electron chi connectivity index (χ3n) is 0. The molecule has 0 saturated carbocycles. The van der Waals surface area contributed by atoms with Crippen molar-refractivity contribution in [2.75, 3.05) is 0 Å². The molecule has 33 valence electrons. The van der Waals surface area contributed by atoms with E-state index < -0.39 is 1.49 Å². The van der Waals surface area contributed by atoms with Crippen molar-refractivity contribution in [2.24, 2.45) is 0 Å². The number of hydrogen-bond acceptors (Lipinski definition) is 1. The van der Waals surface area contributed by atoms with Crippen LogP contribution in [0.25, 0.3) is 0 Å². The van der Waals surface area contributed by atoms with Gasteiger partial charge in [0.05, 0.1) is 0 Å². The van der Waals surface area contributed by atoms with Crippen LogP contribution in [-0.2, 0) is 11.0 Å². The predicted molar refractivity (Wildman–Crippen MR) is 9.40 cm³/mol. The van der Waals surface area contributed by atoms with Crippen molar-refractivity contribution >= 4 is 1.49 Å². The van der Waals surface area contributed by atoms with Crippen LogP contribution in [0.2, 0.25) is 0 Å². The first-order valence-electron chi connectivity index (χ1n) is 0.678. The van der Waals surface area contributed by atoms with Gasteiger partial charge in [0.25, 0.3) is 0 Å². The summed E-state index contributed by atoms with van der Waals surface area (Å²) in [5.41, 5.74) is 0. The zero-order valence-corrected chi connectivity index (χ0v) is 5.81. The fraction of sp³-hybridized carbons (Fsp3) is 0. The molecule has 6 heavy (non-hydrogen) atoms. The smallest absolute Gasteiger partial charge is 2.00 e. The molecule has 0 aromatic heterocycles. The molecule has 0 spiro atoms. The average Bonchev–Trinajstić information content (AvgIpc) is 0.811. The summed E-state index contributed by atoms with van der Waals surface area (Å²) in [4.78, 5) is 9.06. The second kappa shape index (κ2) is 9.24. The second-order valence-electron chi connectivity index (χ2n) is 0.305. The van der Waals surface area contributed by atoms with Crippen LogP contribution in [0.1, 0.15) is 0 Å². The molecule has 4 nitrogen and oxygen atoms in total. The fourth-order valence-corrected chi connectivity index (χ4v) is 0. The molecule has 0 aromatic rings. The molecule has 0 aliphatic rings. The van der Waals surface area contributed by atoms with Gasteiger partial charge < -0.3 is 11.0 Å². The van der Waals surface area contributed by atoms with Gasteiger partial charge in [0.1, 0.15) is 0 Å². The normalized spacial score (nSPS) is 4.33. The van der Waals surface area contributed by atoms with Crippen LogP contribution >= 0.6 is 0 Å². The standard InChI is InChI=1S/CHO2.Ce.2O/c2-1-3;;;/h(H,2,3);;;/q;+4;2*-2. The molecule has 0 aliphatic carbocycles. The van der Waals surface area contributed by atoms with E-state index in [0.717, 1.165) is 0 Å². The predicted octanol–water partition coefficient (Wildman–Crippen LogP) is -0.0239.